The van der Waals surface area contributed by atoms with Crippen molar-refractivity contribution in [1.82, 2.24) is 14.8 Å². The van der Waals surface area contributed by atoms with Crippen molar-refractivity contribution in [3.8, 4) is 11.5 Å². The molecule has 2 aromatic carbocycles. The molecule has 3 aromatic rings. The number of benzene rings is 2. The van der Waals surface area contributed by atoms with Gasteiger partial charge in [0, 0.05) is 5.70 Å². The number of nitrogens with one attached hydrogen (secondary N) is 1. The molecule has 1 unspecified atom stereocenters. The van der Waals surface area contributed by atoms with E-state index in [0.29, 0.717) is 46.4 Å². The summed E-state index contributed by atoms with van der Waals surface area (Å²) in [5, 5.41) is 7.45. The van der Waals surface area contributed by atoms with Crippen LogP contribution in [-0.2, 0) is 16.1 Å². The SMILES string of the molecule is CCOc1cc(C2C(C(=O)OC)=C(C)Nc3ncnn32)cc(Br)c1OCc1ccc(C)cc1. The highest BCUT2D eigenvalue weighted by Crippen LogP contribution is 2.43. The zero-order chi connectivity index (χ0) is 23.5. The zero-order valence-electron chi connectivity index (χ0n) is 18.9. The van der Waals surface area contributed by atoms with Crippen molar-refractivity contribution in [2.24, 2.45) is 0 Å². The Labute approximate surface area is 200 Å². The highest BCUT2D eigenvalue weighted by molar-refractivity contribution is 9.10. The van der Waals surface area contributed by atoms with E-state index in [4.69, 9.17) is 14.2 Å². The van der Waals surface area contributed by atoms with E-state index in [0.717, 1.165) is 11.1 Å². The summed E-state index contributed by atoms with van der Waals surface area (Å²) in [5.41, 5.74) is 4.12. The number of methoxy groups -OCH3 is 1. The summed E-state index contributed by atoms with van der Waals surface area (Å²) >= 11 is 3.64. The van der Waals surface area contributed by atoms with E-state index < -0.39 is 12.0 Å². The molecule has 2 heterocycles. The maximum atomic E-state index is 12.7. The van der Waals surface area contributed by atoms with Crippen LogP contribution in [0.1, 0.15) is 36.6 Å². The number of halogens is 1. The predicted molar refractivity (Wildman–Crippen MR) is 127 cm³/mol. The lowest BCUT2D eigenvalue weighted by atomic mass is 9.95. The van der Waals surface area contributed by atoms with Crippen LogP contribution >= 0.6 is 15.9 Å². The average molecular weight is 513 g/mol. The van der Waals surface area contributed by atoms with Gasteiger partial charge in [-0.25, -0.2) is 9.48 Å². The van der Waals surface area contributed by atoms with Gasteiger partial charge in [-0.2, -0.15) is 10.1 Å². The Balaban J connectivity index is 1.75. The van der Waals surface area contributed by atoms with Crippen LogP contribution in [0.5, 0.6) is 11.5 Å². The van der Waals surface area contributed by atoms with E-state index in [1.807, 2.05) is 45.0 Å². The molecule has 0 saturated carbocycles. The van der Waals surface area contributed by atoms with Gasteiger partial charge in [0.1, 0.15) is 19.0 Å². The van der Waals surface area contributed by atoms with E-state index in [9.17, 15) is 4.79 Å². The van der Waals surface area contributed by atoms with Crippen molar-refractivity contribution in [1.29, 1.82) is 0 Å². The van der Waals surface area contributed by atoms with E-state index in [1.54, 1.807) is 4.68 Å². The number of hydrogen-bond donors (Lipinski definition) is 1. The van der Waals surface area contributed by atoms with Gasteiger partial charge in [0.2, 0.25) is 5.95 Å². The second kappa shape index (κ2) is 9.66. The lowest BCUT2D eigenvalue weighted by Gasteiger charge is -2.28. The molecule has 1 atom stereocenters. The monoisotopic (exact) mass is 512 g/mol. The second-order valence-electron chi connectivity index (χ2n) is 7.62. The fourth-order valence-corrected chi connectivity index (χ4v) is 4.34. The maximum absolute atomic E-state index is 12.7. The molecule has 0 aliphatic carbocycles. The second-order valence-corrected chi connectivity index (χ2v) is 8.48. The van der Waals surface area contributed by atoms with E-state index >= 15 is 0 Å². The molecule has 33 heavy (non-hydrogen) atoms. The topological polar surface area (TPSA) is 87.5 Å². The first kappa shape index (κ1) is 22.8. The summed E-state index contributed by atoms with van der Waals surface area (Å²) in [5.74, 6) is 1.25. The van der Waals surface area contributed by atoms with Crippen molar-refractivity contribution in [3.63, 3.8) is 0 Å². The number of carbonyl (C=O) groups excluding carboxylic acids is 1. The molecule has 1 N–H and O–H groups in total. The highest BCUT2D eigenvalue weighted by Gasteiger charge is 2.35. The van der Waals surface area contributed by atoms with Gasteiger partial charge in [-0.3, -0.25) is 0 Å². The molecule has 0 fully saturated rings. The molecule has 0 bridgehead atoms. The molecule has 172 valence electrons. The molecule has 0 radical (unpaired) electrons. The molecule has 4 rings (SSSR count). The zero-order valence-corrected chi connectivity index (χ0v) is 20.5. The standard InChI is InChI=1S/C24H25BrN4O4/c1-5-32-19-11-17(10-18(25)22(19)33-12-16-8-6-14(2)7-9-16)21-20(23(30)31-4)15(3)28-24-26-13-27-29(21)24/h6-11,13,21H,5,12H2,1-4H3,(H,26,27,28). The Morgan fingerprint density at radius 2 is 1.94 bits per heavy atom. The first-order chi connectivity index (χ1) is 15.9. The van der Waals surface area contributed by atoms with Gasteiger partial charge in [-0.05, 0) is 60.0 Å². The summed E-state index contributed by atoms with van der Waals surface area (Å²) in [6.45, 7) is 6.62. The van der Waals surface area contributed by atoms with Crippen molar-refractivity contribution in [3.05, 3.63) is 75.2 Å². The van der Waals surface area contributed by atoms with Crippen molar-refractivity contribution in [2.45, 2.75) is 33.4 Å². The molecule has 9 heteroatoms. The van der Waals surface area contributed by atoms with Gasteiger partial charge in [-0.1, -0.05) is 29.8 Å². The Kier molecular flexibility index (Phi) is 6.69. The van der Waals surface area contributed by atoms with Crippen LogP contribution in [0.4, 0.5) is 5.95 Å². The van der Waals surface area contributed by atoms with E-state index in [2.05, 4.69) is 43.5 Å². The van der Waals surface area contributed by atoms with Gasteiger partial charge in [0.05, 0.1) is 23.8 Å². The summed E-state index contributed by atoms with van der Waals surface area (Å²) in [7, 11) is 1.36. The van der Waals surface area contributed by atoms with Gasteiger partial charge in [0.15, 0.2) is 11.5 Å². The quantitative estimate of drug-likeness (QED) is 0.455. The van der Waals surface area contributed by atoms with Gasteiger partial charge in [-0.15, -0.1) is 0 Å². The number of carbonyl (C=O) groups is 1. The number of nitrogens with zero attached hydrogens (tertiary/aromatic N) is 3. The predicted octanol–water partition coefficient (Wildman–Crippen LogP) is 4.79. The normalized spacial score (nSPS) is 15.0. The van der Waals surface area contributed by atoms with Gasteiger partial charge in [0.25, 0.3) is 0 Å². The lowest BCUT2D eigenvalue weighted by Crippen LogP contribution is -2.29. The maximum Gasteiger partial charge on any atom is 0.338 e. The van der Waals surface area contributed by atoms with Gasteiger partial charge >= 0.3 is 5.97 Å². The number of fused-ring (bicyclic) bond motifs is 1. The lowest BCUT2D eigenvalue weighted by molar-refractivity contribution is -0.136. The fourth-order valence-electron chi connectivity index (χ4n) is 3.76. The number of ether oxygens (including phenoxy) is 3. The first-order valence-corrected chi connectivity index (χ1v) is 11.3. The van der Waals surface area contributed by atoms with Crippen LogP contribution in [0.25, 0.3) is 0 Å². The van der Waals surface area contributed by atoms with Crippen molar-refractivity contribution in [2.75, 3.05) is 19.0 Å². The molecular formula is C24H25BrN4O4. The average Bonchev–Trinajstić information content (AvgIpc) is 3.26. The Morgan fingerprint density at radius 1 is 1.18 bits per heavy atom. The summed E-state index contributed by atoms with van der Waals surface area (Å²) in [6, 6.07) is 11.4. The minimum atomic E-state index is -0.544. The third-order valence-electron chi connectivity index (χ3n) is 5.35. The number of allylic oxidation sites excluding steroid dienone is 1. The minimum absolute atomic E-state index is 0.394. The van der Waals surface area contributed by atoms with Crippen LogP contribution in [0.15, 0.2) is 58.5 Å². The minimum Gasteiger partial charge on any atom is -0.490 e. The number of aryl methyl sites for hydroxylation is 1. The number of aromatic nitrogens is 3. The third kappa shape index (κ3) is 4.59. The summed E-state index contributed by atoms with van der Waals surface area (Å²) in [4.78, 5) is 16.9. The van der Waals surface area contributed by atoms with Crippen LogP contribution in [-0.4, -0.2) is 34.5 Å². The van der Waals surface area contributed by atoms with E-state index in [-0.39, 0.29) is 0 Å². The smallest absolute Gasteiger partial charge is 0.338 e. The van der Waals surface area contributed by atoms with Gasteiger partial charge < -0.3 is 19.5 Å². The van der Waals surface area contributed by atoms with Crippen molar-refractivity contribution < 1.29 is 19.0 Å². The number of hydrogen-bond acceptors (Lipinski definition) is 7. The van der Waals surface area contributed by atoms with Crippen LogP contribution in [0, 0.1) is 6.92 Å². The summed E-state index contributed by atoms with van der Waals surface area (Å²) in [6.07, 6.45) is 1.44. The third-order valence-corrected chi connectivity index (χ3v) is 5.94. The summed E-state index contributed by atoms with van der Waals surface area (Å²) < 4.78 is 19.5. The molecule has 1 aliphatic rings. The Morgan fingerprint density at radius 3 is 2.64 bits per heavy atom. The Bertz CT molecular complexity index is 1200. The van der Waals surface area contributed by atoms with Crippen LogP contribution in [0.2, 0.25) is 0 Å². The van der Waals surface area contributed by atoms with E-state index in [1.165, 1.54) is 19.0 Å². The number of esters is 1. The molecule has 0 saturated heterocycles. The number of rotatable bonds is 7. The molecular weight excluding hydrogens is 488 g/mol. The van der Waals surface area contributed by atoms with Crippen LogP contribution in [0.3, 0.4) is 0 Å². The fraction of sp³-hybridized carbons (Fsp3) is 0.292. The molecule has 0 amide bonds. The molecule has 8 nitrogen and oxygen atoms in total. The largest absolute Gasteiger partial charge is 0.490 e. The van der Waals surface area contributed by atoms with Crippen molar-refractivity contribution >= 4 is 27.8 Å². The molecule has 0 spiro atoms. The molecule has 1 aliphatic heterocycles. The highest BCUT2D eigenvalue weighted by atomic mass is 79.9. The Hall–Kier alpha value is -3.33. The van der Waals surface area contributed by atoms with Crippen LogP contribution < -0.4 is 14.8 Å². The first-order valence-electron chi connectivity index (χ1n) is 10.5. The molecule has 1 aromatic heterocycles. The number of anilines is 1.